The van der Waals surface area contributed by atoms with Crippen LogP contribution in [-0.2, 0) is 4.79 Å². The van der Waals surface area contributed by atoms with Crippen molar-refractivity contribution >= 4 is 5.91 Å². The number of amides is 1. The van der Waals surface area contributed by atoms with E-state index >= 15 is 0 Å². The zero-order chi connectivity index (χ0) is 16.8. The van der Waals surface area contributed by atoms with Crippen molar-refractivity contribution in [1.29, 1.82) is 0 Å². The van der Waals surface area contributed by atoms with Gasteiger partial charge in [0.25, 0.3) is 0 Å². The minimum atomic E-state index is 0.141. The lowest BCUT2D eigenvalue weighted by atomic mass is 9.89. The van der Waals surface area contributed by atoms with Gasteiger partial charge in [-0.15, -0.1) is 0 Å². The molecule has 23 heavy (non-hydrogen) atoms. The number of nitrogens with zero attached hydrogens (tertiary/aromatic N) is 1. The minimum absolute atomic E-state index is 0.141. The summed E-state index contributed by atoms with van der Waals surface area (Å²) in [5.74, 6) is 1.14. The molecule has 0 heterocycles. The normalized spacial score (nSPS) is 22.7. The summed E-state index contributed by atoms with van der Waals surface area (Å²) in [5, 5.41) is 3.27. The average molecular weight is 318 g/mol. The highest BCUT2D eigenvalue weighted by molar-refractivity contribution is 5.77. The highest BCUT2D eigenvalue weighted by Gasteiger charge is 2.28. The number of nitrogens with one attached hydrogen (secondary N) is 1. The van der Waals surface area contributed by atoms with E-state index in [9.17, 15) is 4.79 Å². The maximum absolute atomic E-state index is 12.5. The highest BCUT2D eigenvalue weighted by Crippen LogP contribution is 2.28. The Hall–Kier alpha value is -1.55. The highest BCUT2D eigenvalue weighted by atomic mass is 16.5. The van der Waals surface area contributed by atoms with E-state index in [-0.39, 0.29) is 17.9 Å². The van der Waals surface area contributed by atoms with Gasteiger partial charge in [0.15, 0.2) is 0 Å². The first-order chi connectivity index (χ1) is 11.0. The van der Waals surface area contributed by atoms with Gasteiger partial charge in [0, 0.05) is 18.5 Å². The van der Waals surface area contributed by atoms with Crippen molar-refractivity contribution in [2.75, 3.05) is 21.2 Å². The first kappa shape index (κ1) is 17.8. The van der Waals surface area contributed by atoms with Gasteiger partial charge in [-0.2, -0.15) is 0 Å². The van der Waals surface area contributed by atoms with Crippen molar-refractivity contribution < 1.29 is 9.53 Å². The molecule has 1 aliphatic carbocycles. The zero-order valence-electron chi connectivity index (χ0n) is 14.8. The molecule has 0 bridgehead atoms. The Morgan fingerprint density at radius 3 is 2.70 bits per heavy atom. The second-order valence-corrected chi connectivity index (χ2v) is 6.84. The maximum atomic E-state index is 12.5. The molecular weight excluding hydrogens is 288 g/mol. The topological polar surface area (TPSA) is 41.6 Å². The molecule has 4 nitrogen and oxygen atoms in total. The molecule has 4 heteroatoms. The van der Waals surface area contributed by atoms with Crippen molar-refractivity contribution in [3.63, 3.8) is 0 Å². The lowest BCUT2D eigenvalue weighted by molar-refractivity contribution is -0.122. The summed E-state index contributed by atoms with van der Waals surface area (Å²) in [6.45, 7) is 2.09. The van der Waals surface area contributed by atoms with Gasteiger partial charge in [0.1, 0.15) is 5.75 Å². The number of ether oxygens (including phenoxy) is 1. The van der Waals surface area contributed by atoms with Crippen LogP contribution in [0.2, 0.25) is 0 Å². The maximum Gasteiger partial charge on any atom is 0.220 e. The van der Waals surface area contributed by atoms with E-state index in [4.69, 9.17) is 4.74 Å². The van der Waals surface area contributed by atoms with Gasteiger partial charge < -0.3 is 15.0 Å². The largest absolute Gasteiger partial charge is 0.496 e. The number of rotatable bonds is 6. The summed E-state index contributed by atoms with van der Waals surface area (Å²) in [6.07, 6.45) is 5.21. The summed E-state index contributed by atoms with van der Waals surface area (Å²) in [5.41, 5.74) is 1.10. The molecule has 1 saturated carbocycles. The lowest BCUT2D eigenvalue weighted by Gasteiger charge is -2.36. The second kappa shape index (κ2) is 8.34. The van der Waals surface area contributed by atoms with E-state index < -0.39 is 0 Å². The summed E-state index contributed by atoms with van der Waals surface area (Å²) >= 11 is 0. The third-order valence-electron chi connectivity index (χ3n) is 4.90. The van der Waals surface area contributed by atoms with Crippen molar-refractivity contribution in [2.24, 2.45) is 0 Å². The van der Waals surface area contributed by atoms with Crippen LogP contribution in [0.5, 0.6) is 5.75 Å². The predicted molar refractivity (Wildman–Crippen MR) is 93.9 cm³/mol. The number of benzene rings is 1. The molecule has 0 spiro atoms. The van der Waals surface area contributed by atoms with Gasteiger partial charge in [-0.1, -0.05) is 38.0 Å². The third kappa shape index (κ3) is 4.71. The molecule has 3 atom stereocenters. The molecule has 0 aromatic heterocycles. The predicted octanol–water partition coefficient (Wildman–Crippen LogP) is 3.18. The van der Waals surface area contributed by atoms with Crippen molar-refractivity contribution in [1.82, 2.24) is 10.2 Å². The molecule has 0 saturated heterocycles. The standard InChI is InChI=1S/C19H30N2O2/c1-14(15-9-5-8-12-18(15)23-4)13-19(22)20-16-10-6-7-11-17(16)21(2)3/h5,8-9,12,14,16-17H,6-7,10-11,13H2,1-4H3,(H,20,22)/t14-,16-,17+/m1/s1. The van der Waals surface area contributed by atoms with Crippen LogP contribution in [0.25, 0.3) is 0 Å². The van der Waals surface area contributed by atoms with Crippen LogP contribution in [0.15, 0.2) is 24.3 Å². The van der Waals surface area contributed by atoms with Crippen LogP contribution in [0, 0.1) is 0 Å². The van der Waals surface area contributed by atoms with Gasteiger partial charge in [-0.05, 0) is 44.5 Å². The van der Waals surface area contributed by atoms with E-state index in [1.165, 1.54) is 19.3 Å². The van der Waals surface area contributed by atoms with Gasteiger partial charge >= 0.3 is 0 Å². The molecule has 1 amide bonds. The Morgan fingerprint density at radius 1 is 1.30 bits per heavy atom. The fourth-order valence-corrected chi connectivity index (χ4v) is 3.63. The molecule has 0 radical (unpaired) electrons. The molecule has 128 valence electrons. The molecule has 1 aromatic carbocycles. The zero-order valence-corrected chi connectivity index (χ0v) is 14.8. The first-order valence-electron chi connectivity index (χ1n) is 8.61. The van der Waals surface area contributed by atoms with E-state index in [2.05, 4.69) is 31.2 Å². The van der Waals surface area contributed by atoms with Crippen LogP contribution < -0.4 is 10.1 Å². The molecular formula is C19H30N2O2. The van der Waals surface area contributed by atoms with Crippen LogP contribution in [-0.4, -0.2) is 44.1 Å². The quantitative estimate of drug-likeness (QED) is 0.876. The Balaban J connectivity index is 1.95. The fourth-order valence-electron chi connectivity index (χ4n) is 3.63. The Morgan fingerprint density at radius 2 is 2.00 bits per heavy atom. The van der Waals surface area contributed by atoms with Gasteiger partial charge in [-0.25, -0.2) is 0 Å². The van der Waals surface area contributed by atoms with Gasteiger partial charge in [0.2, 0.25) is 5.91 Å². The second-order valence-electron chi connectivity index (χ2n) is 6.84. The summed E-state index contributed by atoms with van der Waals surface area (Å²) in [7, 11) is 5.88. The van der Waals surface area contributed by atoms with Crippen molar-refractivity contribution in [3.8, 4) is 5.75 Å². The number of likely N-dealkylation sites (N-methyl/N-ethyl adjacent to an activating group) is 1. The number of hydrogen-bond donors (Lipinski definition) is 1. The van der Waals surface area contributed by atoms with E-state index in [1.54, 1.807) is 7.11 Å². The van der Waals surface area contributed by atoms with Gasteiger partial charge in [-0.3, -0.25) is 4.79 Å². The lowest BCUT2D eigenvalue weighted by Crippen LogP contribution is -2.51. The molecule has 2 rings (SSSR count). The fraction of sp³-hybridized carbons (Fsp3) is 0.632. The number of methoxy groups -OCH3 is 1. The first-order valence-corrected chi connectivity index (χ1v) is 8.61. The van der Waals surface area contributed by atoms with Crippen LogP contribution in [0.3, 0.4) is 0 Å². The van der Waals surface area contributed by atoms with Crippen molar-refractivity contribution in [2.45, 2.75) is 57.0 Å². The summed E-state index contributed by atoms with van der Waals surface area (Å²) < 4.78 is 5.41. The molecule has 0 aliphatic heterocycles. The number of hydrogen-bond acceptors (Lipinski definition) is 3. The van der Waals surface area contributed by atoms with Gasteiger partial charge in [0.05, 0.1) is 7.11 Å². The molecule has 1 N–H and O–H groups in total. The van der Waals surface area contributed by atoms with E-state index in [0.29, 0.717) is 12.5 Å². The monoisotopic (exact) mass is 318 g/mol. The smallest absolute Gasteiger partial charge is 0.220 e. The van der Waals surface area contributed by atoms with Crippen LogP contribution >= 0.6 is 0 Å². The summed E-state index contributed by atoms with van der Waals surface area (Å²) in [6, 6.07) is 8.67. The number of para-hydroxylation sites is 1. The third-order valence-corrected chi connectivity index (χ3v) is 4.90. The Bertz CT molecular complexity index is 516. The van der Waals surface area contributed by atoms with Crippen LogP contribution in [0.4, 0.5) is 0 Å². The molecule has 0 unspecified atom stereocenters. The van der Waals surface area contributed by atoms with E-state index in [0.717, 1.165) is 17.7 Å². The summed E-state index contributed by atoms with van der Waals surface area (Å²) in [4.78, 5) is 14.7. The number of carbonyl (C=O) groups excluding carboxylic acids is 1. The Labute approximate surface area is 140 Å². The van der Waals surface area contributed by atoms with E-state index in [1.807, 2.05) is 24.3 Å². The minimum Gasteiger partial charge on any atom is -0.496 e. The Kier molecular flexibility index (Phi) is 6.46. The molecule has 1 fully saturated rings. The average Bonchev–Trinajstić information content (AvgIpc) is 2.54. The number of carbonyl (C=O) groups is 1. The SMILES string of the molecule is COc1ccccc1[C@H](C)CC(=O)N[C@@H]1CCCC[C@@H]1N(C)C. The molecule has 1 aromatic rings. The molecule has 1 aliphatic rings. The van der Waals surface area contributed by atoms with Crippen LogP contribution in [0.1, 0.15) is 50.5 Å². The van der Waals surface area contributed by atoms with Crippen molar-refractivity contribution in [3.05, 3.63) is 29.8 Å².